The largest absolute Gasteiger partial charge is 0.375 e. The predicted octanol–water partition coefficient (Wildman–Crippen LogP) is 3.22. The van der Waals surface area contributed by atoms with Gasteiger partial charge in [0.1, 0.15) is 17.5 Å². The van der Waals surface area contributed by atoms with E-state index in [-0.39, 0.29) is 12.1 Å². The summed E-state index contributed by atoms with van der Waals surface area (Å²) < 4.78 is 44.7. The Hall–Kier alpha value is -2.34. The van der Waals surface area contributed by atoms with Crippen LogP contribution in [0, 0.1) is 17.5 Å². The highest BCUT2D eigenvalue weighted by atomic mass is 19.1. The van der Waals surface area contributed by atoms with E-state index in [9.17, 15) is 18.0 Å². The molecule has 1 unspecified atom stereocenters. The van der Waals surface area contributed by atoms with Crippen LogP contribution in [0.2, 0.25) is 0 Å². The van der Waals surface area contributed by atoms with Crippen LogP contribution >= 0.6 is 0 Å². The second kappa shape index (κ2) is 7.09. The van der Waals surface area contributed by atoms with Crippen molar-refractivity contribution in [1.82, 2.24) is 5.32 Å². The summed E-state index contributed by atoms with van der Waals surface area (Å²) in [6.45, 7) is 0.0234. The topological polar surface area (TPSA) is 38.3 Å². The lowest BCUT2D eigenvalue weighted by molar-refractivity contribution is 0.0824. The van der Waals surface area contributed by atoms with Gasteiger partial charge >= 0.3 is 0 Å². The number of rotatable bonds is 5. The van der Waals surface area contributed by atoms with Crippen molar-refractivity contribution >= 4 is 5.91 Å². The van der Waals surface area contributed by atoms with Crippen LogP contribution < -0.4 is 5.32 Å². The van der Waals surface area contributed by atoms with Gasteiger partial charge in [-0.3, -0.25) is 4.79 Å². The summed E-state index contributed by atoms with van der Waals surface area (Å²) in [5.41, 5.74) is 0.276. The first-order chi connectivity index (χ1) is 10.5. The van der Waals surface area contributed by atoms with Crippen molar-refractivity contribution in [2.45, 2.75) is 6.10 Å². The molecule has 0 heterocycles. The number of ether oxygens (including phenoxy) is 1. The SMILES string of the molecule is COC(CNC(=O)c1ccc(F)cc1F)c1cccc(F)c1. The minimum Gasteiger partial charge on any atom is -0.375 e. The Morgan fingerprint density at radius 2 is 1.86 bits per heavy atom. The lowest BCUT2D eigenvalue weighted by Crippen LogP contribution is -2.29. The highest BCUT2D eigenvalue weighted by Crippen LogP contribution is 2.17. The summed E-state index contributed by atoms with van der Waals surface area (Å²) >= 11 is 0. The molecular weight excluding hydrogens is 295 g/mol. The molecule has 0 fully saturated rings. The maximum absolute atomic E-state index is 13.5. The number of amides is 1. The summed E-state index contributed by atoms with van der Waals surface area (Å²) in [4.78, 5) is 11.9. The summed E-state index contributed by atoms with van der Waals surface area (Å²) in [5.74, 6) is -2.83. The molecular formula is C16H14F3NO2. The third-order valence-electron chi connectivity index (χ3n) is 3.13. The molecule has 0 saturated carbocycles. The molecule has 2 rings (SSSR count). The first-order valence-corrected chi connectivity index (χ1v) is 6.52. The lowest BCUT2D eigenvalue weighted by Gasteiger charge is -2.16. The average Bonchev–Trinajstić information content (AvgIpc) is 2.47. The quantitative estimate of drug-likeness (QED) is 0.921. The van der Waals surface area contributed by atoms with Gasteiger partial charge in [0.2, 0.25) is 0 Å². The molecule has 0 aromatic heterocycles. The molecule has 0 aliphatic heterocycles. The molecule has 0 bridgehead atoms. The highest BCUT2D eigenvalue weighted by Gasteiger charge is 2.16. The Morgan fingerprint density at radius 3 is 2.50 bits per heavy atom. The predicted molar refractivity (Wildman–Crippen MR) is 74.8 cm³/mol. The standard InChI is InChI=1S/C16H14F3NO2/c1-22-15(10-3-2-4-11(17)7-10)9-20-16(21)13-6-5-12(18)8-14(13)19/h2-8,15H,9H2,1H3,(H,20,21). The lowest BCUT2D eigenvalue weighted by atomic mass is 10.1. The Labute approximate surface area is 125 Å². The van der Waals surface area contributed by atoms with Crippen molar-refractivity contribution in [2.24, 2.45) is 0 Å². The van der Waals surface area contributed by atoms with E-state index in [1.165, 1.54) is 25.3 Å². The van der Waals surface area contributed by atoms with E-state index in [1.54, 1.807) is 6.07 Å². The van der Waals surface area contributed by atoms with Gasteiger partial charge in [0.25, 0.3) is 5.91 Å². The first-order valence-electron chi connectivity index (χ1n) is 6.52. The second-order valence-electron chi connectivity index (χ2n) is 4.61. The van der Waals surface area contributed by atoms with Crippen molar-refractivity contribution in [2.75, 3.05) is 13.7 Å². The van der Waals surface area contributed by atoms with E-state index in [0.29, 0.717) is 11.6 Å². The maximum atomic E-state index is 13.5. The normalized spacial score (nSPS) is 12.0. The molecule has 0 aliphatic rings. The molecule has 6 heteroatoms. The molecule has 116 valence electrons. The minimum atomic E-state index is -0.947. The molecule has 1 amide bonds. The van der Waals surface area contributed by atoms with E-state index in [0.717, 1.165) is 12.1 Å². The number of hydrogen-bond donors (Lipinski definition) is 1. The Morgan fingerprint density at radius 1 is 1.14 bits per heavy atom. The molecule has 2 aromatic carbocycles. The minimum absolute atomic E-state index is 0.0234. The van der Waals surface area contributed by atoms with Gasteiger partial charge in [0.15, 0.2) is 0 Å². The van der Waals surface area contributed by atoms with Crippen LogP contribution in [0.15, 0.2) is 42.5 Å². The molecule has 0 aliphatic carbocycles. The van der Waals surface area contributed by atoms with Gasteiger partial charge in [-0.25, -0.2) is 13.2 Å². The molecule has 1 atom stereocenters. The zero-order chi connectivity index (χ0) is 16.1. The Bertz CT molecular complexity index is 676. The third kappa shape index (κ3) is 3.85. The van der Waals surface area contributed by atoms with Gasteiger partial charge in [0, 0.05) is 19.7 Å². The fourth-order valence-electron chi connectivity index (χ4n) is 2.00. The Balaban J connectivity index is 2.05. The van der Waals surface area contributed by atoms with Crippen LogP contribution in [-0.2, 0) is 4.74 Å². The zero-order valence-electron chi connectivity index (χ0n) is 11.8. The van der Waals surface area contributed by atoms with Crippen LogP contribution in [0.5, 0.6) is 0 Å². The average molecular weight is 309 g/mol. The molecule has 22 heavy (non-hydrogen) atoms. The van der Waals surface area contributed by atoms with Gasteiger partial charge in [0.05, 0.1) is 11.7 Å². The third-order valence-corrected chi connectivity index (χ3v) is 3.13. The fourth-order valence-corrected chi connectivity index (χ4v) is 2.00. The summed E-state index contributed by atoms with van der Waals surface area (Å²) in [6, 6.07) is 8.46. The first kappa shape index (κ1) is 16.0. The number of carbonyl (C=O) groups excluding carboxylic acids is 1. The molecule has 0 saturated heterocycles. The van der Waals surface area contributed by atoms with Gasteiger partial charge in [-0.15, -0.1) is 0 Å². The molecule has 3 nitrogen and oxygen atoms in total. The number of hydrogen-bond acceptors (Lipinski definition) is 2. The van der Waals surface area contributed by atoms with Crippen LogP contribution in [0.4, 0.5) is 13.2 Å². The monoisotopic (exact) mass is 309 g/mol. The molecule has 1 N–H and O–H groups in total. The van der Waals surface area contributed by atoms with E-state index in [1.807, 2.05) is 0 Å². The number of methoxy groups -OCH3 is 1. The fraction of sp³-hybridized carbons (Fsp3) is 0.188. The van der Waals surface area contributed by atoms with Gasteiger partial charge in [-0.1, -0.05) is 12.1 Å². The van der Waals surface area contributed by atoms with E-state index >= 15 is 0 Å². The van der Waals surface area contributed by atoms with Crippen molar-refractivity contribution < 1.29 is 22.7 Å². The van der Waals surface area contributed by atoms with E-state index < -0.39 is 29.5 Å². The Kier molecular flexibility index (Phi) is 5.16. The highest BCUT2D eigenvalue weighted by molar-refractivity contribution is 5.94. The van der Waals surface area contributed by atoms with Crippen molar-refractivity contribution in [3.05, 3.63) is 71.0 Å². The van der Waals surface area contributed by atoms with E-state index in [4.69, 9.17) is 4.74 Å². The zero-order valence-corrected chi connectivity index (χ0v) is 11.8. The number of benzene rings is 2. The smallest absolute Gasteiger partial charge is 0.254 e. The summed E-state index contributed by atoms with van der Waals surface area (Å²) in [6.07, 6.45) is -0.580. The van der Waals surface area contributed by atoms with Gasteiger partial charge < -0.3 is 10.1 Å². The summed E-state index contributed by atoms with van der Waals surface area (Å²) in [7, 11) is 1.42. The van der Waals surface area contributed by atoms with Crippen molar-refractivity contribution in [3.63, 3.8) is 0 Å². The second-order valence-corrected chi connectivity index (χ2v) is 4.61. The molecule has 0 spiro atoms. The van der Waals surface area contributed by atoms with E-state index in [2.05, 4.69) is 5.32 Å². The molecule has 0 radical (unpaired) electrons. The van der Waals surface area contributed by atoms with Crippen LogP contribution in [0.3, 0.4) is 0 Å². The van der Waals surface area contributed by atoms with Crippen molar-refractivity contribution in [3.8, 4) is 0 Å². The maximum Gasteiger partial charge on any atom is 0.254 e. The number of halogens is 3. The molecule has 2 aromatic rings. The summed E-state index contributed by atoms with van der Waals surface area (Å²) in [5, 5.41) is 2.48. The number of carbonyl (C=O) groups is 1. The number of nitrogens with one attached hydrogen (secondary N) is 1. The van der Waals surface area contributed by atoms with Crippen LogP contribution in [0.1, 0.15) is 22.0 Å². The van der Waals surface area contributed by atoms with Crippen LogP contribution in [-0.4, -0.2) is 19.6 Å². The van der Waals surface area contributed by atoms with Crippen molar-refractivity contribution in [1.29, 1.82) is 0 Å². The van der Waals surface area contributed by atoms with Gasteiger partial charge in [-0.2, -0.15) is 0 Å². The van der Waals surface area contributed by atoms with Gasteiger partial charge in [-0.05, 0) is 29.8 Å². The van der Waals surface area contributed by atoms with Crippen LogP contribution in [0.25, 0.3) is 0 Å².